The Hall–Kier alpha value is -1.45. The lowest BCUT2D eigenvalue weighted by Gasteiger charge is -2.20. The first-order valence-corrected chi connectivity index (χ1v) is 8.24. The Morgan fingerprint density at radius 1 is 1.38 bits per heavy atom. The van der Waals surface area contributed by atoms with E-state index in [1.54, 1.807) is 12.2 Å². The molecule has 1 fully saturated rings. The standard InChI is InChI=1S/C12H13N3O4S2/c1-2-20-12-15-14-11(21-12)13-9(16)7-5-3-4-6(19-5)8(7)10(17)18/h3-8H,2H2,1H3,(H,17,18)(H,13,14,16)/t5-,6+,7+,8-/m0/s1. The number of carbonyl (C=O) groups is 2. The molecule has 1 amide bonds. The molecule has 1 saturated heterocycles. The first-order valence-electron chi connectivity index (χ1n) is 6.44. The van der Waals surface area contributed by atoms with Crippen molar-refractivity contribution in [3.63, 3.8) is 0 Å². The molecule has 7 nitrogen and oxygen atoms in total. The minimum Gasteiger partial charge on any atom is -0.481 e. The number of aromatic nitrogens is 2. The van der Waals surface area contributed by atoms with Gasteiger partial charge in [0.15, 0.2) is 4.34 Å². The van der Waals surface area contributed by atoms with E-state index in [9.17, 15) is 14.7 Å². The minimum atomic E-state index is -1.02. The Kier molecular flexibility index (Phi) is 3.96. The van der Waals surface area contributed by atoms with Crippen LogP contribution in [0.2, 0.25) is 0 Å². The summed E-state index contributed by atoms with van der Waals surface area (Å²) in [5.74, 6) is -2.12. The molecule has 2 aliphatic rings. The molecule has 4 atom stereocenters. The number of carboxylic acid groups (broad SMARTS) is 1. The lowest BCUT2D eigenvalue weighted by Crippen LogP contribution is -2.39. The van der Waals surface area contributed by atoms with E-state index in [1.807, 2.05) is 6.92 Å². The molecule has 9 heteroatoms. The van der Waals surface area contributed by atoms with Gasteiger partial charge in [0.25, 0.3) is 0 Å². The molecule has 2 aliphatic heterocycles. The van der Waals surface area contributed by atoms with Crippen molar-refractivity contribution in [3.8, 4) is 0 Å². The Labute approximate surface area is 128 Å². The van der Waals surface area contributed by atoms with Crippen LogP contribution in [-0.2, 0) is 14.3 Å². The molecule has 3 heterocycles. The maximum absolute atomic E-state index is 12.3. The highest BCUT2D eigenvalue weighted by Crippen LogP contribution is 2.40. The van der Waals surface area contributed by atoms with E-state index in [2.05, 4.69) is 15.5 Å². The van der Waals surface area contributed by atoms with Gasteiger partial charge in [0, 0.05) is 0 Å². The molecule has 3 rings (SSSR count). The number of hydrogen-bond donors (Lipinski definition) is 2. The number of anilines is 1. The molecule has 21 heavy (non-hydrogen) atoms. The highest BCUT2D eigenvalue weighted by Gasteiger charge is 2.53. The van der Waals surface area contributed by atoms with E-state index in [0.29, 0.717) is 5.13 Å². The van der Waals surface area contributed by atoms with Crippen LogP contribution in [-0.4, -0.2) is 45.1 Å². The fraction of sp³-hybridized carbons (Fsp3) is 0.500. The molecule has 2 N–H and O–H groups in total. The van der Waals surface area contributed by atoms with E-state index >= 15 is 0 Å². The van der Waals surface area contributed by atoms with Gasteiger partial charge in [-0.05, 0) is 5.75 Å². The van der Waals surface area contributed by atoms with Crippen molar-refractivity contribution in [2.24, 2.45) is 11.8 Å². The summed E-state index contributed by atoms with van der Waals surface area (Å²) in [6.45, 7) is 2.00. The molecule has 1 aromatic heterocycles. The molecule has 0 unspecified atom stereocenters. The lowest BCUT2D eigenvalue weighted by molar-refractivity contribution is -0.145. The number of thioether (sulfide) groups is 1. The van der Waals surface area contributed by atoms with Crippen LogP contribution < -0.4 is 5.32 Å². The average molecular weight is 327 g/mol. The van der Waals surface area contributed by atoms with Gasteiger partial charge in [0.2, 0.25) is 11.0 Å². The van der Waals surface area contributed by atoms with Crippen LogP contribution in [0.1, 0.15) is 6.92 Å². The molecule has 0 aromatic carbocycles. The third-order valence-corrected chi connectivity index (χ3v) is 5.25. The maximum atomic E-state index is 12.3. The lowest BCUT2D eigenvalue weighted by atomic mass is 9.82. The van der Waals surface area contributed by atoms with E-state index in [0.717, 1.165) is 10.1 Å². The predicted octanol–water partition coefficient (Wildman–Crippen LogP) is 1.24. The maximum Gasteiger partial charge on any atom is 0.310 e. The van der Waals surface area contributed by atoms with Gasteiger partial charge in [-0.3, -0.25) is 9.59 Å². The van der Waals surface area contributed by atoms with Crippen LogP contribution in [0.4, 0.5) is 5.13 Å². The summed E-state index contributed by atoms with van der Waals surface area (Å²) in [7, 11) is 0. The summed E-state index contributed by atoms with van der Waals surface area (Å²) in [5, 5.41) is 20.1. The topological polar surface area (TPSA) is 101 Å². The number of amides is 1. The molecular formula is C12H13N3O4S2. The van der Waals surface area contributed by atoms with Crippen molar-refractivity contribution in [1.82, 2.24) is 10.2 Å². The summed E-state index contributed by atoms with van der Waals surface area (Å²) >= 11 is 2.81. The number of nitrogens with one attached hydrogen (secondary N) is 1. The quantitative estimate of drug-likeness (QED) is 0.476. The molecule has 0 spiro atoms. The number of nitrogens with zero attached hydrogens (tertiary/aromatic N) is 2. The SMILES string of the molecule is CCSc1nnc(NC(=O)[C@H]2[C@@H](C(=O)O)[C@H]3C=C[C@@H]2O3)s1. The largest absolute Gasteiger partial charge is 0.481 e. The number of carbonyl (C=O) groups excluding carboxylic acids is 1. The van der Waals surface area contributed by atoms with E-state index < -0.39 is 30.0 Å². The first kappa shape index (κ1) is 14.5. The fourth-order valence-corrected chi connectivity index (χ4v) is 4.20. The molecule has 1 aromatic rings. The summed E-state index contributed by atoms with van der Waals surface area (Å²) in [6.07, 6.45) is 2.44. The summed E-state index contributed by atoms with van der Waals surface area (Å²) < 4.78 is 6.24. The van der Waals surface area contributed by atoms with Crippen LogP contribution in [0.25, 0.3) is 0 Å². The average Bonchev–Trinajstić information content (AvgIpc) is 3.13. The molecule has 0 radical (unpaired) electrons. The summed E-state index contributed by atoms with van der Waals surface area (Å²) in [6, 6.07) is 0. The van der Waals surface area contributed by atoms with Crippen molar-refractivity contribution < 1.29 is 19.4 Å². The second kappa shape index (κ2) is 5.74. The first-order chi connectivity index (χ1) is 10.1. The Balaban J connectivity index is 1.72. The number of ether oxygens (including phenoxy) is 1. The van der Waals surface area contributed by atoms with Gasteiger partial charge in [-0.25, -0.2) is 0 Å². The highest BCUT2D eigenvalue weighted by molar-refractivity contribution is 8.01. The van der Waals surface area contributed by atoms with Crippen molar-refractivity contribution >= 4 is 40.1 Å². The zero-order valence-electron chi connectivity index (χ0n) is 11.1. The Morgan fingerprint density at radius 2 is 2.10 bits per heavy atom. The Morgan fingerprint density at radius 3 is 2.76 bits per heavy atom. The van der Waals surface area contributed by atoms with E-state index in [4.69, 9.17) is 4.74 Å². The molecular weight excluding hydrogens is 314 g/mol. The second-order valence-electron chi connectivity index (χ2n) is 4.64. The minimum absolute atomic E-state index is 0.381. The predicted molar refractivity (Wildman–Crippen MR) is 77.4 cm³/mol. The van der Waals surface area contributed by atoms with E-state index in [1.165, 1.54) is 23.1 Å². The molecule has 112 valence electrons. The van der Waals surface area contributed by atoms with Gasteiger partial charge < -0.3 is 15.2 Å². The normalized spacial score (nSPS) is 29.8. The van der Waals surface area contributed by atoms with Gasteiger partial charge in [0.05, 0.1) is 18.1 Å². The van der Waals surface area contributed by atoms with Crippen molar-refractivity contribution in [2.45, 2.75) is 23.5 Å². The molecule has 0 saturated carbocycles. The van der Waals surface area contributed by atoms with Crippen molar-refractivity contribution in [2.75, 3.05) is 11.1 Å². The number of carboxylic acids is 1. The van der Waals surface area contributed by atoms with Crippen molar-refractivity contribution in [3.05, 3.63) is 12.2 Å². The fourth-order valence-electron chi connectivity index (χ4n) is 2.55. The smallest absolute Gasteiger partial charge is 0.310 e. The number of rotatable bonds is 5. The molecule has 0 aliphatic carbocycles. The highest BCUT2D eigenvalue weighted by atomic mass is 32.2. The van der Waals surface area contributed by atoms with Crippen molar-refractivity contribution in [1.29, 1.82) is 0 Å². The number of fused-ring (bicyclic) bond motifs is 2. The van der Waals surface area contributed by atoms with Gasteiger partial charge in [-0.2, -0.15) is 0 Å². The third-order valence-electron chi connectivity index (χ3n) is 3.39. The number of aliphatic carboxylic acids is 1. The third kappa shape index (κ3) is 2.68. The van der Waals surface area contributed by atoms with Gasteiger partial charge in [-0.15, -0.1) is 10.2 Å². The number of hydrogen-bond acceptors (Lipinski definition) is 7. The van der Waals surface area contributed by atoms with Gasteiger partial charge in [0.1, 0.15) is 5.92 Å². The second-order valence-corrected chi connectivity index (χ2v) is 7.12. The molecule has 2 bridgehead atoms. The zero-order chi connectivity index (χ0) is 15.0. The summed E-state index contributed by atoms with van der Waals surface area (Å²) in [4.78, 5) is 23.7. The monoisotopic (exact) mass is 327 g/mol. The van der Waals surface area contributed by atoms with Crippen LogP contribution >= 0.6 is 23.1 Å². The summed E-state index contributed by atoms with van der Waals surface area (Å²) in [5.41, 5.74) is 0. The van der Waals surface area contributed by atoms with Crippen LogP contribution in [0.15, 0.2) is 16.5 Å². The zero-order valence-corrected chi connectivity index (χ0v) is 12.7. The van der Waals surface area contributed by atoms with Crippen LogP contribution in [0.5, 0.6) is 0 Å². The Bertz CT molecular complexity index is 603. The van der Waals surface area contributed by atoms with E-state index in [-0.39, 0.29) is 5.91 Å². The van der Waals surface area contributed by atoms with Gasteiger partial charge in [-0.1, -0.05) is 42.2 Å². The van der Waals surface area contributed by atoms with Crippen LogP contribution in [0.3, 0.4) is 0 Å². The van der Waals surface area contributed by atoms with Gasteiger partial charge >= 0.3 is 5.97 Å². The van der Waals surface area contributed by atoms with Crippen LogP contribution in [0, 0.1) is 11.8 Å².